The minimum absolute atomic E-state index is 0.190. The molecule has 116 valence electrons. The number of halogens is 3. The molecule has 20 heavy (non-hydrogen) atoms. The first-order valence-electron chi connectivity index (χ1n) is 6.63. The van der Waals surface area contributed by atoms with E-state index in [1.807, 2.05) is 6.92 Å². The van der Waals surface area contributed by atoms with Gasteiger partial charge in [0.25, 0.3) is 0 Å². The molecule has 0 amide bonds. The molecular formula is C15H25BrClFOSi. The van der Waals surface area contributed by atoms with E-state index in [4.69, 9.17) is 16.0 Å². The van der Waals surface area contributed by atoms with Crippen LogP contribution in [0.15, 0.2) is 18.2 Å². The van der Waals surface area contributed by atoms with Crippen molar-refractivity contribution in [1.82, 2.24) is 0 Å². The molecule has 1 aromatic rings. The molecule has 0 fully saturated rings. The average Bonchev–Trinajstić information content (AvgIpc) is 2.31. The zero-order valence-corrected chi connectivity index (χ0v) is 16.5. The average molecular weight is 384 g/mol. The van der Waals surface area contributed by atoms with Crippen molar-refractivity contribution in [3.8, 4) is 0 Å². The van der Waals surface area contributed by atoms with Gasteiger partial charge in [0.2, 0.25) is 0 Å². The fraction of sp³-hybridized carbons (Fsp3) is 0.600. The van der Waals surface area contributed by atoms with Crippen molar-refractivity contribution in [3.05, 3.63) is 34.6 Å². The Hall–Kier alpha value is 0.0969. The molecule has 0 aliphatic carbocycles. The SMILES string of the molecule is CC(C)(C)[Si](C)(C)OCCBr.Cc1ccc(F)c(Cl)c1. The fourth-order valence-electron chi connectivity index (χ4n) is 1.11. The zero-order valence-electron chi connectivity index (χ0n) is 13.2. The first-order chi connectivity index (χ1) is 9.01. The molecular weight excluding hydrogens is 359 g/mol. The third-order valence-corrected chi connectivity index (χ3v) is 8.57. The summed E-state index contributed by atoms with van der Waals surface area (Å²) in [5.41, 5.74) is 0.974. The van der Waals surface area contributed by atoms with Gasteiger partial charge in [-0.25, -0.2) is 4.39 Å². The van der Waals surface area contributed by atoms with E-state index in [0.29, 0.717) is 5.04 Å². The Kier molecular flexibility index (Phi) is 8.56. The normalized spacial score (nSPS) is 11.8. The molecule has 0 N–H and O–H groups in total. The molecule has 0 bridgehead atoms. The molecule has 0 unspecified atom stereocenters. The molecule has 0 aliphatic rings. The molecule has 0 spiro atoms. The van der Waals surface area contributed by atoms with Crippen molar-refractivity contribution in [2.24, 2.45) is 0 Å². The minimum atomic E-state index is -1.46. The zero-order chi connectivity index (χ0) is 16.0. The van der Waals surface area contributed by atoms with Crippen LogP contribution in [0.25, 0.3) is 0 Å². The van der Waals surface area contributed by atoms with Crippen LogP contribution in [0.2, 0.25) is 23.2 Å². The second kappa shape index (κ2) is 8.52. The number of benzene rings is 1. The molecule has 1 rings (SSSR count). The van der Waals surface area contributed by atoms with E-state index in [-0.39, 0.29) is 10.8 Å². The second-order valence-electron chi connectivity index (χ2n) is 6.22. The van der Waals surface area contributed by atoms with Gasteiger partial charge in [0.15, 0.2) is 8.32 Å². The summed E-state index contributed by atoms with van der Waals surface area (Å²) in [5, 5.41) is 1.48. The van der Waals surface area contributed by atoms with Crippen molar-refractivity contribution >= 4 is 35.8 Å². The van der Waals surface area contributed by atoms with Gasteiger partial charge in [0, 0.05) is 11.9 Å². The first-order valence-corrected chi connectivity index (χ1v) is 11.0. The van der Waals surface area contributed by atoms with Gasteiger partial charge in [-0.05, 0) is 42.8 Å². The Bertz CT molecular complexity index is 419. The molecule has 0 aliphatic heterocycles. The first kappa shape index (κ1) is 20.1. The third kappa shape index (κ3) is 7.20. The van der Waals surface area contributed by atoms with Crippen LogP contribution in [0.3, 0.4) is 0 Å². The van der Waals surface area contributed by atoms with E-state index >= 15 is 0 Å². The van der Waals surface area contributed by atoms with Crippen molar-refractivity contribution < 1.29 is 8.82 Å². The molecule has 5 heteroatoms. The standard InChI is InChI=1S/C8H19BrOSi.C7H6ClF/c1-8(2,3)11(4,5)10-7-6-9;1-5-2-3-7(9)6(8)4-5/h6-7H2,1-5H3;2-4H,1H3. The van der Waals surface area contributed by atoms with E-state index in [2.05, 4.69) is 49.8 Å². The second-order valence-corrected chi connectivity index (χ2v) is 12.2. The summed E-state index contributed by atoms with van der Waals surface area (Å²) >= 11 is 8.80. The maximum Gasteiger partial charge on any atom is 0.192 e. The highest BCUT2D eigenvalue weighted by Crippen LogP contribution is 2.36. The molecule has 1 aromatic carbocycles. The smallest absolute Gasteiger partial charge is 0.192 e. The summed E-state index contributed by atoms with van der Waals surface area (Å²) in [7, 11) is -1.46. The summed E-state index contributed by atoms with van der Waals surface area (Å²) in [5.74, 6) is -0.359. The Morgan fingerprint density at radius 2 is 1.85 bits per heavy atom. The summed E-state index contributed by atoms with van der Waals surface area (Å²) in [6.45, 7) is 14.0. The van der Waals surface area contributed by atoms with Crippen LogP contribution < -0.4 is 0 Å². The number of hydrogen-bond donors (Lipinski definition) is 0. The number of aryl methyl sites for hydroxylation is 1. The van der Waals surface area contributed by atoms with Crippen molar-refractivity contribution in [1.29, 1.82) is 0 Å². The maximum absolute atomic E-state index is 12.4. The molecule has 0 heterocycles. The number of alkyl halides is 1. The predicted octanol–water partition coefficient (Wildman–Crippen LogP) is 6.19. The van der Waals surface area contributed by atoms with Crippen molar-refractivity contribution in [2.75, 3.05) is 11.9 Å². The van der Waals surface area contributed by atoms with Gasteiger partial charge in [-0.2, -0.15) is 0 Å². The van der Waals surface area contributed by atoms with Gasteiger partial charge < -0.3 is 4.43 Å². The third-order valence-electron chi connectivity index (χ3n) is 3.42. The highest BCUT2D eigenvalue weighted by Gasteiger charge is 2.36. The molecule has 0 aromatic heterocycles. The Morgan fingerprint density at radius 3 is 2.20 bits per heavy atom. The largest absolute Gasteiger partial charge is 0.416 e. The molecule has 1 nitrogen and oxygen atoms in total. The van der Waals surface area contributed by atoms with Crippen LogP contribution in [-0.4, -0.2) is 20.3 Å². The highest BCUT2D eigenvalue weighted by atomic mass is 79.9. The lowest BCUT2D eigenvalue weighted by Crippen LogP contribution is -2.41. The number of hydrogen-bond acceptors (Lipinski definition) is 1. The summed E-state index contributed by atoms with van der Waals surface area (Å²) in [6, 6.07) is 4.63. The van der Waals surface area contributed by atoms with Gasteiger partial charge >= 0.3 is 0 Å². The summed E-state index contributed by atoms with van der Waals surface area (Å²) in [4.78, 5) is 0. The van der Waals surface area contributed by atoms with Gasteiger partial charge in [-0.15, -0.1) is 0 Å². The Morgan fingerprint density at radius 1 is 1.30 bits per heavy atom. The van der Waals surface area contributed by atoms with Crippen molar-refractivity contribution in [2.45, 2.75) is 45.8 Å². The van der Waals surface area contributed by atoms with Crippen LogP contribution in [0.1, 0.15) is 26.3 Å². The fourth-order valence-corrected chi connectivity index (χ4v) is 2.85. The van der Waals surface area contributed by atoms with Gasteiger partial charge in [0.1, 0.15) is 5.82 Å². The lowest BCUT2D eigenvalue weighted by atomic mass is 10.2. The highest BCUT2D eigenvalue weighted by molar-refractivity contribution is 9.09. The minimum Gasteiger partial charge on any atom is -0.416 e. The van der Waals surface area contributed by atoms with Gasteiger partial charge in [-0.3, -0.25) is 0 Å². The van der Waals surface area contributed by atoms with Crippen LogP contribution in [0.4, 0.5) is 4.39 Å². The monoisotopic (exact) mass is 382 g/mol. The van der Waals surface area contributed by atoms with E-state index in [9.17, 15) is 4.39 Å². The van der Waals surface area contributed by atoms with Crippen LogP contribution >= 0.6 is 27.5 Å². The molecule has 0 saturated heterocycles. The quantitative estimate of drug-likeness (QED) is 0.446. The van der Waals surface area contributed by atoms with E-state index in [1.165, 1.54) is 6.07 Å². The Balaban J connectivity index is 0.000000367. The van der Waals surface area contributed by atoms with Crippen LogP contribution in [-0.2, 0) is 4.43 Å². The molecule has 0 radical (unpaired) electrons. The Labute approximate surface area is 137 Å². The van der Waals surface area contributed by atoms with Crippen molar-refractivity contribution in [3.63, 3.8) is 0 Å². The predicted molar refractivity (Wildman–Crippen MR) is 93.1 cm³/mol. The van der Waals surface area contributed by atoms with E-state index in [0.717, 1.165) is 17.5 Å². The maximum atomic E-state index is 12.4. The number of rotatable bonds is 3. The van der Waals surface area contributed by atoms with Gasteiger partial charge in [0.05, 0.1) is 5.02 Å². The molecule has 0 saturated carbocycles. The van der Waals surface area contributed by atoms with E-state index in [1.54, 1.807) is 12.1 Å². The van der Waals surface area contributed by atoms with Crippen LogP contribution in [0, 0.1) is 12.7 Å². The van der Waals surface area contributed by atoms with Gasteiger partial charge in [-0.1, -0.05) is 54.4 Å². The molecule has 0 atom stereocenters. The van der Waals surface area contributed by atoms with E-state index < -0.39 is 8.32 Å². The summed E-state index contributed by atoms with van der Waals surface area (Å²) in [6.07, 6.45) is 0. The van der Waals surface area contributed by atoms with Crippen LogP contribution in [0.5, 0.6) is 0 Å². The lowest BCUT2D eigenvalue weighted by Gasteiger charge is -2.35. The summed E-state index contributed by atoms with van der Waals surface area (Å²) < 4.78 is 18.2. The topological polar surface area (TPSA) is 9.23 Å². The lowest BCUT2D eigenvalue weighted by molar-refractivity contribution is 0.312.